The number of para-hydroxylation sites is 1. The van der Waals surface area contributed by atoms with Crippen LogP contribution in [0.15, 0.2) is 46.2 Å². The Morgan fingerprint density at radius 3 is 2.48 bits per heavy atom. The van der Waals surface area contributed by atoms with Gasteiger partial charge in [0.05, 0.1) is 24.1 Å². The molecule has 0 aliphatic rings. The van der Waals surface area contributed by atoms with Crippen LogP contribution in [-0.4, -0.2) is 22.6 Å². The molecule has 0 spiro atoms. The summed E-state index contributed by atoms with van der Waals surface area (Å²) in [5, 5.41) is 9.56. The van der Waals surface area contributed by atoms with Crippen LogP contribution in [-0.2, 0) is 9.84 Å². The second kappa shape index (κ2) is 7.79. The molecule has 5 nitrogen and oxygen atoms in total. The highest BCUT2D eigenvalue weighted by Gasteiger charge is 2.25. The minimum absolute atomic E-state index is 0.0249. The van der Waals surface area contributed by atoms with Gasteiger partial charge in [-0.15, -0.1) is 0 Å². The van der Waals surface area contributed by atoms with Crippen LogP contribution in [0.4, 0.5) is 0 Å². The predicted molar refractivity (Wildman–Crippen MR) is 96.8 cm³/mol. The summed E-state index contributed by atoms with van der Waals surface area (Å²) in [6, 6.07) is 10.6. The number of nitriles is 1. The van der Waals surface area contributed by atoms with Gasteiger partial charge in [-0.25, -0.2) is 8.42 Å². The lowest BCUT2D eigenvalue weighted by molar-refractivity contribution is 0.354. The van der Waals surface area contributed by atoms with Crippen molar-refractivity contribution >= 4 is 39.1 Å². The number of allylic oxidation sites excluding steroid dienone is 1. The summed E-state index contributed by atoms with van der Waals surface area (Å²) in [5.41, 5.74) is 0.375. The zero-order chi connectivity index (χ0) is 18.6. The highest BCUT2D eigenvalue weighted by atomic mass is 35.5. The van der Waals surface area contributed by atoms with Crippen LogP contribution in [0, 0.1) is 11.3 Å². The van der Waals surface area contributed by atoms with E-state index in [-0.39, 0.29) is 14.9 Å². The van der Waals surface area contributed by atoms with Gasteiger partial charge in [0.1, 0.15) is 11.0 Å². The average molecular weight is 398 g/mol. The highest BCUT2D eigenvalue weighted by molar-refractivity contribution is 7.95. The maximum Gasteiger partial charge on any atom is 0.218 e. The van der Waals surface area contributed by atoms with Crippen LogP contribution in [0.3, 0.4) is 0 Å². The molecule has 0 N–H and O–H groups in total. The van der Waals surface area contributed by atoms with Crippen LogP contribution in [0.1, 0.15) is 5.56 Å². The average Bonchev–Trinajstić information content (AvgIpc) is 2.60. The normalized spacial score (nSPS) is 11.7. The fourth-order valence-corrected chi connectivity index (χ4v) is 4.04. The molecule has 0 saturated carbocycles. The van der Waals surface area contributed by atoms with Crippen molar-refractivity contribution in [1.29, 1.82) is 5.26 Å². The van der Waals surface area contributed by atoms with Crippen molar-refractivity contribution in [3.05, 3.63) is 56.9 Å². The van der Waals surface area contributed by atoms with Crippen molar-refractivity contribution in [1.82, 2.24) is 0 Å². The summed E-state index contributed by atoms with van der Waals surface area (Å²) in [7, 11) is -1.28. The number of hydrogen-bond donors (Lipinski definition) is 0. The first kappa shape index (κ1) is 19.1. The molecule has 130 valence electrons. The Balaban J connectivity index is 2.66. The third-order valence-corrected chi connectivity index (χ3v) is 5.68. The number of ether oxygens (including phenoxy) is 2. The Kier molecular flexibility index (Phi) is 5.96. The molecule has 0 amide bonds. The second-order valence-corrected chi connectivity index (χ2v) is 7.51. The van der Waals surface area contributed by atoms with Crippen LogP contribution >= 0.6 is 23.2 Å². The molecule has 0 unspecified atom stereocenters. The van der Waals surface area contributed by atoms with Gasteiger partial charge in [-0.3, -0.25) is 0 Å². The first-order valence-electron chi connectivity index (χ1n) is 6.88. The summed E-state index contributed by atoms with van der Waals surface area (Å²) in [6.45, 7) is 0. The molecule has 2 aromatic carbocycles. The molecule has 2 rings (SSSR count). The molecular formula is C17H13Cl2NO4S. The van der Waals surface area contributed by atoms with Gasteiger partial charge in [0, 0.05) is 10.6 Å². The number of methoxy groups -OCH3 is 2. The first-order chi connectivity index (χ1) is 11.8. The van der Waals surface area contributed by atoms with Gasteiger partial charge in [-0.05, 0) is 30.3 Å². The summed E-state index contributed by atoms with van der Waals surface area (Å²) < 4.78 is 36.0. The van der Waals surface area contributed by atoms with Crippen LogP contribution in [0.2, 0.25) is 10.0 Å². The SMILES string of the molecule is COc1cccc(/C=C(/C#N)S(=O)(=O)c2cc(Cl)ccc2Cl)c1OC. The van der Waals surface area contributed by atoms with Crippen molar-refractivity contribution in [3.8, 4) is 17.6 Å². The summed E-state index contributed by atoms with van der Waals surface area (Å²) in [5.74, 6) is 0.719. The van der Waals surface area contributed by atoms with E-state index in [0.29, 0.717) is 17.1 Å². The highest BCUT2D eigenvalue weighted by Crippen LogP contribution is 2.35. The topological polar surface area (TPSA) is 76.4 Å². The molecule has 0 saturated heterocycles. The smallest absolute Gasteiger partial charge is 0.218 e. The molecule has 8 heteroatoms. The van der Waals surface area contributed by atoms with E-state index >= 15 is 0 Å². The molecule has 0 aliphatic heterocycles. The fraction of sp³-hybridized carbons (Fsp3) is 0.118. The molecular weight excluding hydrogens is 385 g/mol. The number of halogens is 2. The largest absolute Gasteiger partial charge is 0.493 e. The zero-order valence-corrected chi connectivity index (χ0v) is 15.6. The van der Waals surface area contributed by atoms with E-state index in [2.05, 4.69) is 0 Å². The van der Waals surface area contributed by atoms with E-state index in [1.54, 1.807) is 24.3 Å². The standard InChI is InChI=1S/C17H13Cl2NO4S/c1-23-15-5-3-4-11(17(15)24-2)8-13(10-20)25(21,22)16-9-12(18)6-7-14(16)19/h3-9H,1-2H3/b13-8-. The minimum Gasteiger partial charge on any atom is -0.493 e. The van der Waals surface area contributed by atoms with Gasteiger partial charge >= 0.3 is 0 Å². The lowest BCUT2D eigenvalue weighted by atomic mass is 10.1. The molecule has 0 aliphatic carbocycles. The maximum atomic E-state index is 12.8. The van der Waals surface area contributed by atoms with Crippen molar-refractivity contribution in [2.75, 3.05) is 14.2 Å². The zero-order valence-electron chi connectivity index (χ0n) is 13.3. The van der Waals surface area contributed by atoms with Crippen molar-refractivity contribution in [3.63, 3.8) is 0 Å². The van der Waals surface area contributed by atoms with Crippen LogP contribution < -0.4 is 9.47 Å². The molecule has 0 heterocycles. The van der Waals surface area contributed by atoms with Gasteiger partial charge in [-0.2, -0.15) is 5.26 Å². The fourth-order valence-electron chi connectivity index (χ4n) is 2.14. The Morgan fingerprint density at radius 1 is 1.16 bits per heavy atom. The Hall–Kier alpha value is -2.20. The van der Waals surface area contributed by atoms with Gasteiger partial charge < -0.3 is 9.47 Å². The number of nitrogens with zero attached hydrogens (tertiary/aromatic N) is 1. The first-order valence-corrected chi connectivity index (χ1v) is 9.12. The summed E-state index contributed by atoms with van der Waals surface area (Å²) in [6.07, 6.45) is 1.20. The second-order valence-electron chi connectivity index (χ2n) is 4.78. The van der Waals surface area contributed by atoms with Crippen molar-refractivity contribution in [2.24, 2.45) is 0 Å². The van der Waals surface area contributed by atoms with Crippen LogP contribution in [0.5, 0.6) is 11.5 Å². The molecule has 2 aromatic rings. The van der Waals surface area contributed by atoms with Gasteiger partial charge in [-0.1, -0.05) is 35.3 Å². The summed E-state index contributed by atoms with van der Waals surface area (Å²) >= 11 is 11.8. The number of benzene rings is 2. The van der Waals surface area contributed by atoms with Crippen molar-refractivity contribution < 1.29 is 17.9 Å². The lowest BCUT2D eigenvalue weighted by Crippen LogP contribution is -2.05. The maximum absolute atomic E-state index is 12.8. The van der Waals surface area contributed by atoms with Crippen molar-refractivity contribution in [2.45, 2.75) is 4.90 Å². The summed E-state index contributed by atoms with van der Waals surface area (Å²) in [4.78, 5) is -0.737. The molecule has 0 bridgehead atoms. The van der Waals surface area contributed by atoms with Gasteiger partial charge in [0.25, 0.3) is 0 Å². The predicted octanol–water partition coefficient (Wildman–Crippen LogP) is 4.35. The third kappa shape index (κ3) is 3.90. The molecule has 0 radical (unpaired) electrons. The van der Waals surface area contributed by atoms with E-state index in [1.165, 1.54) is 38.5 Å². The van der Waals surface area contributed by atoms with Crippen LogP contribution in [0.25, 0.3) is 6.08 Å². The Bertz CT molecular complexity index is 979. The Morgan fingerprint density at radius 2 is 1.88 bits per heavy atom. The number of hydrogen-bond acceptors (Lipinski definition) is 5. The van der Waals surface area contributed by atoms with E-state index in [0.717, 1.165) is 0 Å². The number of sulfone groups is 1. The van der Waals surface area contributed by atoms with E-state index in [1.807, 2.05) is 0 Å². The third-order valence-electron chi connectivity index (χ3n) is 3.30. The minimum atomic E-state index is -4.16. The van der Waals surface area contributed by atoms with E-state index in [4.69, 9.17) is 32.7 Å². The lowest BCUT2D eigenvalue weighted by Gasteiger charge is -2.11. The molecule has 0 atom stereocenters. The van der Waals surface area contributed by atoms with E-state index < -0.39 is 14.7 Å². The van der Waals surface area contributed by atoms with Gasteiger partial charge in [0.2, 0.25) is 9.84 Å². The monoisotopic (exact) mass is 397 g/mol. The van der Waals surface area contributed by atoms with Gasteiger partial charge in [0.15, 0.2) is 11.5 Å². The molecule has 0 fully saturated rings. The number of rotatable bonds is 5. The quantitative estimate of drug-likeness (QED) is 0.700. The van der Waals surface area contributed by atoms with E-state index in [9.17, 15) is 13.7 Å². The molecule has 0 aromatic heterocycles. The Labute approximate surface area is 155 Å². The molecule has 25 heavy (non-hydrogen) atoms.